The Labute approximate surface area is 155 Å². The number of methoxy groups -OCH3 is 1. The fraction of sp³-hybridized carbons (Fsp3) is 0.550. The van der Waals surface area contributed by atoms with Gasteiger partial charge in [0.1, 0.15) is 0 Å². The standard InChI is InChI=1S/C20H29N3O3/c1-25-13-12-23-16-17(18-4-2-3-5-19(18)23)6-7-20(24)21-8-9-22-10-14-26-15-11-22/h2-5,16H,6-15H2,1H3,(H,21,24). The Morgan fingerprint density at radius 1 is 1.23 bits per heavy atom. The number of morpholine rings is 1. The molecule has 1 aromatic carbocycles. The summed E-state index contributed by atoms with van der Waals surface area (Å²) < 4.78 is 12.7. The Hall–Kier alpha value is -1.89. The van der Waals surface area contributed by atoms with E-state index in [1.165, 1.54) is 16.5 Å². The first-order valence-corrected chi connectivity index (χ1v) is 9.40. The minimum absolute atomic E-state index is 0.118. The fourth-order valence-electron chi connectivity index (χ4n) is 3.41. The molecule has 1 fully saturated rings. The summed E-state index contributed by atoms with van der Waals surface area (Å²) in [6, 6.07) is 8.35. The van der Waals surface area contributed by atoms with Crippen molar-refractivity contribution in [1.29, 1.82) is 0 Å². The van der Waals surface area contributed by atoms with Gasteiger partial charge in [0.25, 0.3) is 0 Å². The first kappa shape index (κ1) is 18.9. The van der Waals surface area contributed by atoms with E-state index in [1.807, 2.05) is 6.07 Å². The molecule has 1 N–H and O–H groups in total. The van der Waals surface area contributed by atoms with Gasteiger partial charge in [-0.15, -0.1) is 0 Å². The predicted molar refractivity (Wildman–Crippen MR) is 102 cm³/mol. The summed E-state index contributed by atoms with van der Waals surface area (Å²) in [5.74, 6) is 0.118. The second kappa shape index (κ2) is 9.71. The van der Waals surface area contributed by atoms with E-state index in [0.29, 0.717) is 19.6 Å². The SMILES string of the molecule is COCCn1cc(CCC(=O)NCCN2CCOCC2)c2ccccc21. The highest BCUT2D eigenvalue weighted by molar-refractivity contribution is 5.85. The number of amides is 1. The summed E-state index contributed by atoms with van der Waals surface area (Å²) >= 11 is 0. The lowest BCUT2D eigenvalue weighted by Crippen LogP contribution is -2.41. The van der Waals surface area contributed by atoms with Crippen LogP contribution in [-0.4, -0.2) is 68.5 Å². The van der Waals surface area contributed by atoms with Crippen LogP contribution >= 0.6 is 0 Å². The van der Waals surface area contributed by atoms with Gasteiger partial charge in [-0.1, -0.05) is 18.2 Å². The van der Waals surface area contributed by atoms with Crippen molar-refractivity contribution in [3.05, 3.63) is 36.0 Å². The third kappa shape index (κ3) is 5.06. The summed E-state index contributed by atoms with van der Waals surface area (Å²) in [7, 11) is 1.72. The highest BCUT2D eigenvalue weighted by Crippen LogP contribution is 2.22. The fourth-order valence-corrected chi connectivity index (χ4v) is 3.41. The summed E-state index contributed by atoms with van der Waals surface area (Å²) in [6.07, 6.45) is 3.43. The highest BCUT2D eigenvalue weighted by Gasteiger charge is 2.12. The van der Waals surface area contributed by atoms with Crippen molar-refractivity contribution >= 4 is 16.8 Å². The number of para-hydroxylation sites is 1. The van der Waals surface area contributed by atoms with Crippen LogP contribution in [0.5, 0.6) is 0 Å². The number of nitrogens with one attached hydrogen (secondary N) is 1. The molecule has 2 aromatic rings. The van der Waals surface area contributed by atoms with E-state index in [2.05, 4.69) is 39.2 Å². The number of aryl methyl sites for hydroxylation is 1. The third-order valence-electron chi connectivity index (χ3n) is 4.88. The molecule has 0 bridgehead atoms. The average molecular weight is 359 g/mol. The Morgan fingerprint density at radius 3 is 2.85 bits per heavy atom. The van der Waals surface area contributed by atoms with Crippen LogP contribution in [0.4, 0.5) is 0 Å². The Kier molecular flexibility index (Phi) is 7.05. The number of hydrogen-bond donors (Lipinski definition) is 1. The zero-order valence-electron chi connectivity index (χ0n) is 15.6. The van der Waals surface area contributed by atoms with Gasteiger partial charge in [0.15, 0.2) is 0 Å². The van der Waals surface area contributed by atoms with E-state index in [4.69, 9.17) is 9.47 Å². The van der Waals surface area contributed by atoms with Crippen molar-refractivity contribution in [3.8, 4) is 0 Å². The smallest absolute Gasteiger partial charge is 0.220 e. The van der Waals surface area contributed by atoms with Crippen molar-refractivity contribution in [1.82, 2.24) is 14.8 Å². The Bertz CT molecular complexity index is 707. The van der Waals surface area contributed by atoms with E-state index in [0.717, 1.165) is 45.8 Å². The molecule has 0 spiro atoms. The second-order valence-electron chi connectivity index (χ2n) is 6.66. The number of benzene rings is 1. The number of fused-ring (bicyclic) bond motifs is 1. The zero-order chi connectivity index (χ0) is 18.2. The normalized spacial score (nSPS) is 15.4. The van der Waals surface area contributed by atoms with Gasteiger partial charge in [-0.3, -0.25) is 9.69 Å². The number of nitrogens with zero attached hydrogens (tertiary/aromatic N) is 2. The lowest BCUT2D eigenvalue weighted by molar-refractivity contribution is -0.121. The van der Waals surface area contributed by atoms with Crippen LogP contribution in [0.2, 0.25) is 0 Å². The van der Waals surface area contributed by atoms with Crippen LogP contribution in [0, 0.1) is 0 Å². The van der Waals surface area contributed by atoms with Gasteiger partial charge in [-0.05, 0) is 18.1 Å². The van der Waals surface area contributed by atoms with E-state index in [1.54, 1.807) is 7.11 Å². The molecule has 3 rings (SSSR count). The number of ether oxygens (including phenoxy) is 2. The minimum atomic E-state index is 0.118. The number of hydrogen-bond acceptors (Lipinski definition) is 4. The van der Waals surface area contributed by atoms with E-state index in [9.17, 15) is 4.79 Å². The summed E-state index contributed by atoms with van der Waals surface area (Å²) in [5.41, 5.74) is 2.42. The Balaban J connectivity index is 1.49. The number of carbonyl (C=O) groups is 1. The van der Waals surface area contributed by atoms with Crippen LogP contribution in [0.25, 0.3) is 10.9 Å². The minimum Gasteiger partial charge on any atom is -0.383 e. The molecule has 0 unspecified atom stereocenters. The summed E-state index contributed by atoms with van der Waals surface area (Å²) in [4.78, 5) is 14.5. The number of aromatic nitrogens is 1. The molecule has 1 aromatic heterocycles. The average Bonchev–Trinajstić information content (AvgIpc) is 3.03. The van der Waals surface area contributed by atoms with E-state index < -0.39 is 0 Å². The molecule has 1 saturated heterocycles. The van der Waals surface area contributed by atoms with Crippen LogP contribution in [-0.2, 0) is 27.2 Å². The van der Waals surface area contributed by atoms with Gasteiger partial charge in [0.2, 0.25) is 5.91 Å². The Morgan fingerprint density at radius 2 is 2.04 bits per heavy atom. The number of carbonyl (C=O) groups excluding carboxylic acids is 1. The molecule has 0 radical (unpaired) electrons. The van der Waals surface area contributed by atoms with Gasteiger partial charge < -0.3 is 19.4 Å². The molecule has 0 atom stereocenters. The third-order valence-corrected chi connectivity index (χ3v) is 4.88. The van der Waals surface area contributed by atoms with Gasteiger partial charge in [0, 0.05) is 63.4 Å². The van der Waals surface area contributed by atoms with Crippen LogP contribution < -0.4 is 5.32 Å². The van der Waals surface area contributed by atoms with Gasteiger partial charge in [0.05, 0.1) is 19.8 Å². The summed E-state index contributed by atoms with van der Waals surface area (Å²) in [6.45, 7) is 6.60. The molecule has 142 valence electrons. The monoisotopic (exact) mass is 359 g/mol. The van der Waals surface area contributed by atoms with Gasteiger partial charge >= 0.3 is 0 Å². The highest BCUT2D eigenvalue weighted by atomic mass is 16.5. The van der Waals surface area contributed by atoms with Crippen molar-refractivity contribution in [3.63, 3.8) is 0 Å². The maximum absolute atomic E-state index is 12.2. The second-order valence-corrected chi connectivity index (χ2v) is 6.66. The van der Waals surface area contributed by atoms with Gasteiger partial charge in [-0.25, -0.2) is 0 Å². The molecule has 1 aliphatic rings. The van der Waals surface area contributed by atoms with Crippen molar-refractivity contribution in [2.75, 3.05) is 53.1 Å². The molecule has 6 heteroatoms. The molecule has 2 heterocycles. The topological polar surface area (TPSA) is 55.7 Å². The molecule has 1 amide bonds. The van der Waals surface area contributed by atoms with Crippen LogP contribution in [0.1, 0.15) is 12.0 Å². The molecule has 1 aliphatic heterocycles. The van der Waals surface area contributed by atoms with Crippen molar-refractivity contribution < 1.29 is 14.3 Å². The molecular formula is C20H29N3O3. The quantitative estimate of drug-likeness (QED) is 0.740. The molecule has 0 aliphatic carbocycles. The lowest BCUT2D eigenvalue weighted by atomic mass is 10.1. The largest absolute Gasteiger partial charge is 0.383 e. The maximum atomic E-state index is 12.2. The molecular weight excluding hydrogens is 330 g/mol. The predicted octanol–water partition coefficient (Wildman–Crippen LogP) is 1.67. The van der Waals surface area contributed by atoms with Crippen LogP contribution in [0.15, 0.2) is 30.5 Å². The first-order chi connectivity index (χ1) is 12.8. The molecule has 26 heavy (non-hydrogen) atoms. The molecule has 0 saturated carbocycles. The van der Waals surface area contributed by atoms with Gasteiger partial charge in [-0.2, -0.15) is 0 Å². The number of rotatable bonds is 9. The van der Waals surface area contributed by atoms with E-state index >= 15 is 0 Å². The van der Waals surface area contributed by atoms with E-state index in [-0.39, 0.29) is 5.91 Å². The van der Waals surface area contributed by atoms with Crippen molar-refractivity contribution in [2.24, 2.45) is 0 Å². The zero-order valence-corrected chi connectivity index (χ0v) is 15.6. The first-order valence-electron chi connectivity index (χ1n) is 9.40. The molecule has 6 nitrogen and oxygen atoms in total. The van der Waals surface area contributed by atoms with Crippen LogP contribution in [0.3, 0.4) is 0 Å². The lowest BCUT2D eigenvalue weighted by Gasteiger charge is -2.26. The maximum Gasteiger partial charge on any atom is 0.220 e. The summed E-state index contributed by atoms with van der Waals surface area (Å²) in [5, 5.41) is 4.27. The van der Waals surface area contributed by atoms with Crippen molar-refractivity contribution in [2.45, 2.75) is 19.4 Å².